The van der Waals surface area contributed by atoms with Crippen molar-refractivity contribution >= 4 is 0 Å². The first-order chi connectivity index (χ1) is 47.3. The summed E-state index contributed by atoms with van der Waals surface area (Å²) in [5.41, 5.74) is 23.9. The van der Waals surface area contributed by atoms with E-state index in [9.17, 15) is 8.78 Å². The highest BCUT2D eigenvalue weighted by Crippen LogP contribution is 2.34. The topological polar surface area (TPSA) is 15.5 Å². The molecular weight excluding hydrogens is 1100 g/mol. The van der Waals surface area contributed by atoms with Gasteiger partial charge >= 0.3 is 0 Å². The summed E-state index contributed by atoms with van der Waals surface area (Å²) in [6.07, 6.45) is 8.03. The van der Waals surface area contributed by atoms with Crippen molar-refractivity contribution < 1.29 is 40.8 Å². The summed E-state index contributed by atoms with van der Waals surface area (Å²) in [5.74, 6) is -2.25. The molecule has 0 amide bonds. The molecule has 4 nitrogen and oxygen atoms in total. The van der Waals surface area contributed by atoms with Gasteiger partial charge in [-0.15, -0.1) is 0 Å². The average Bonchev–Trinajstić information content (AvgIpc) is 0.769. The van der Waals surface area contributed by atoms with Crippen molar-refractivity contribution in [3.05, 3.63) is 311 Å². The number of hydrogen-bond donors (Lipinski definition) is 0. The molecule has 0 bridgehead atoms. The van der Waals surface area contributed by atoms with E-state index in [1.807, 2.05) is 221 Å². The van der Waals surface area contributed by atoms with Crippen LogP contribution in [-0.4, -0.2) is 0 Å². The summed E-state index contributed by atoms with van der Waals surface area (Å²) in [7, 11) is 7.95. The van der Waals surface area contributed by atoms with Gasteiger partial charge in [0.25, 0.3) is 0 Å². The van der Waals surface area contributed by atoms with Gasteiger partial charge < -0.3 is 0 Å². The Morgan fingerprint density at radius 1 is 0.333 bits per heavy atom. The van der Waals surface area contributed by atoms with Gasteiger partial charge in [0.15, 0.2) is 24.8 Å². The fourth-order valence-corrected chi connectivity index (χ4v) is 11.4. The van der Waals surface area contributed by atoms with Gasteiger partial charge in [-0.05, 0) is 169 Å². The third-order valence-corrected chi connectivity index (χ3v) is 16.4. The van der Waals surface area contributed by atoms with Crippen LogP contribution in [-0.2, 0) is 41.0 Å². The smallest absolute Gasteiger partial charge is 0.207 e. The average molecular weight is 1200 g/mol. The predicted octanol–water partition coefficient (Wildman–Crippen LogP) is 19.4. The zero-order chi connectivity index (χ0) is 72.4. The van der Waals surface area contributed by atoms with Crippen molar-refractivity contribution in [3.8, 4) is 89.5 Å². The number of nitrogens with zero attached hydrogens (tertiary/aromatic N) is 4. The molecule has 12 aromatic rings. The minimum Gasteiger partial charge on any atom is -0.207 e. The minimum atomic E-state index is -2.44. The van der Waals surface area contributed by atoms with Crippen molar-refractivity contribution in [2.45, 2.75) is 80.8 Å². The Balaban J connectivity index is 0.000000156. The largest absolute Gasteiger partial charge is 0.212 e. The van der Waals surface area contributed by atoms with Crippen LogP contribution in [0.5, 0.6) is 0 Å². The van der Waals surface area contributed by atoms with Crippen LogP contribution >= 0.6 is 0 Å². The molecule has 4 heterocycles. The van der Waals surface area contributed by atoms with Gasteiger partial charge in [0, 0.05) is 82.5 Å². The number of rotatable bonds is 11. The molecule has 6 heteroatoms. The minimum absolute atomic E-state index is 0.0422. The monoisotopic (exact) mass is 1200 g/mol. The van der Waals surface area contributed by atoms with Gasteiger partial charge in [-0.1, -0.05) is 185 Å². The Morgan fingerprint density at radius 3 is 1.00 bits per heavy atom. The maximum absolute atomic E-state index is 13.3. The summed E-state index contributed by atoms with van der Waals surface area (Å²) in [5, 5.41) is 0. The van der Waals surface area contributed by atoms with E-state index in [1.54, 1.807) is 12.1 Å². The summed E-state index contributed by atoms with van der Waals surface area (Å²) >= 11 is 0. The van der Waals surface area contributed by atoms with E-state index in [0.29, 0.717) is 5.56 Å². The second-order valence-corrected chi connectivity index (χ2v) is 22.9. The molecule has 8 aromatic carbocycles. The zero-order valence-electron chi connectivity index (χ0n) is 63.2. The number of hydrogen-bond acceptors (Lipinski definition) is 0. The molecule has 0 radical (unpaired) electrons. The molecule has 12 rings (SSSR count). The highest BCUT2D eigenvalue weighted by Gasteiger charge is 2.22. The molecule has 0 aliphatic carbocycles. The summed E-state index contributed by atoms with van der Waals surface area (Å²) in [4.78, 5) is 0. The lowest BCUT2D eigenvalue weighted by Crippen LogP contribution is -2.31. The lowest BCUT2D eigenvalue weighted by atomic mass is 9.92. The van der Waals surface area contributed by atoms with Crippen molar-refractivity contribution in [2.75, 3.05) is 0 Å². The van der Waals surface area contributed by atoms with E-state index < -0.39 is 26.4 Å². The van der Waals surface area contributed by atoms with Crippen LogP contribution in [0.1, 0.15) is 91.6 Å². The molecule has 1 atom stereocenters. The molecule has 0 saturated heterocycles. The SMILES string of the molecule is Cc1cc(-c2ccccc2C)[n+](C)cc1-c1ccc(F)cc1.[2H]C([2H])([2H])C([2H])(C)c1cc(-c2ccccc2C)[n+](C)cc1-c1ccccc1.[2H]C([2H])([2H])Cc1cc(-c2ccccc2C)[n+](C)cc1-c1ccc(F)cc1.[2H]C([2H])([2H])Cc1cc(-c2ccccc2C)[n+](C)cc1-c1ccccc1. The van der Waals surface area contributed by atoms with Gasteiger partial charge in [0.05, 0.1) is 0 Å². The highest BCUT2D eigenvalue weighted by molar-refractivity contribution is 5.74. The van der Waals surface area contributed by atoms with E-state index in [2.05, 4.69) is 78.6 Å². The lowest BCUT2D eigenvalue weighted by Gasteiger charge is -2.14. The van der Waals surface area contributed by atoms with E-state index >= 15 is 0 Å². The highest BCUT2D eigenvalue weighted by atomic mass is 19.1. The van der Waals surface area contributed by atoms with Crippen LogP contribution in [0.2, 0.25) is 0 Å². The standard InChI is InChI=1S/C22H24N.C21H21FN.C21H22N.C20H19FN/c1-16(2)20-14-22(19-13-9-8-10-17(19)3)23(4)15-21(20)18-11-6-5-7-12-18;1-4-16-13-21(19-8-6-5-7-15(19)2)23(3)14-20(16)17-9-11-18(22)12-10-17;1-4-17-14-21(19-13-9-8-10-16(19)2)22(3)15-20(17)18-11-6-5-7-12-18;1-14-6-4-5-7-18(14)20-12-15(2)19(13-22(20)3)16-8-10-17(21)11-9-16/h5-16H,1-4H3;5-14H,4H2,1-3H3;5-15H,4H2,1-3H3;4-13H,1-3H3/q4*+1/i1D3,16D;2*1D3;. The van der Waals surface area contributed by atoms with Crippen LogP contribution in [0.4, 0.5) is 8.78 Å². The fraction of sp³-hybridized carbons (Fsp3) is 0.190. The molecule has 0 saturated carbocycles. The molecule has 0 aliphatic rings. The molecule has 0 N–H and O–H groups in total. The Kier molecular flexibility index (Phi) is 17.4. The van der Waals surface area contributed by atoms with Gasteiger partial charge in [-0.3, -0.25) is 0 Å². The van der Waals surface area contributed by atoms with Gasteiger partial charge in [-0.2, -0.15) is 0 Å². The van der Waals surface area contributed by atoms with Gasteiger partial charge in [0.1, 0.15) is 39.8 Å². The number of benzene rings is 8. The fourth-order valence-electron chi connectivity index (χ4n) is 11.4. The van der Waals surface area contributed by atoms with E-state index in [4.69, 9.17) is 13.7 Å². The molecule has 0 fully saturated rings. The van der Waals surface area contributed by atoms with Crippen LogP contribution < -0.4 is 18.3 Å². The third-order valence-electron chi connectivity index (χ3n) is 16.4. The molecule has 0 spiro atoms. The molecule has 452 valence electrons. The molecule has 90 heavy (non-hydrogen) atoms. The number of aryl methyl sites for hydroxylation is 11. The normalized spacial score (nSPS) is 13.5. The molecule has 1 unspecified atom stereocenters. The number of aromatic nitrogens is 4. The van der Waals surface area contributed by atoms with Crippen LogP contribution in [0.3, 0.4) is 0 Å². The summed E-state index contributed by atoms with van der Waals surface area (Å²) in [6, 6.07) is 73.0. The van der Waals surface area contributed by atoms with Gasteiger partial charge in [0.2, 0.25) is 22.8 Å². The zero-order valence-corrected chi connectivity index (χ0v) is 53.2. The Labute approximate surface area is 548 Å². The molecular formula is C84H86F2N4+4. The number of halogens is 2. The first-order valence-electron chi connectivity index (χ1n) is 35.2. The van der Waals surface area contributed by atoms with Crippen LogP contribution in [0.15, 0.2) is 255 Å². The Hall–Kier alpha value is -9.78. The maximum atomic E-state index is 13.3. The predicted molar refractivity (Wildman–Crippen MR) is 370 cm³/mol. The molecule has 0 aliphatic heterocycles. The number of pyridine rings is 4. The third kappa shape index (κ3) is 15.4. The molecule has 4 aromatic heterocycles. The second-order valence-electron chi connectivity index (χ2n) is 22.9. The van der Waals surface area contributed by atoms with Gasteiger partial charge in [-0.25, -0.2) is 27.0 Å². The quantitative estimate of drug-likeness (QED) is 0.115. The first kappa shape index (κ1) is 52.2. The van der Waals surface area contributed by atoms with Crippen LogP contribution in [0.25, 0.3) is 89.5 Å². The first-order valence-corrected chi connectivity index (χ1v) is 30.2. The second kappa shape index (κ2) is 29.9. The summed E-state index contributed by atoms with van der Waals surface area (Å²) in [6.45, 7) is 5.30. The van der Waals surface area contributed by atoms with E-state index in [1.165, 1.54) is 59.1 Å². The van der Waals surface area contributed by atoms with Crippen LogP contribution in [0, 0.1) is 46.3 Å². The van der Waals surface area contributed by atoms with E-state index in [0.717, 1.165) is 101 Å². The van der Waals surface area contributed by atoms with Crippen molar-refractivity contribution in [1.29, 1.82) is 0 Å². The van der Waals surface area contributed by atoms with E-state index in [-0.39, 0.29) is 24.5 Å². The Morgan fingerprint density at radius 2 is 0.633 bits per heavy atom. The Bertz CT molecular complexity index is 4820. The van der Waals surface area contributed by atoms with Crippen molar-refractivity contribution in [1.82, 2.24) is 0 Å². The van der Waals surface area contributed by atoms with Crippen molar-refractivity contribution in [2.24, 2.45) is 28.2 Å². The summed E-state index contributed by atoms with van der Waals surface area (Å²) < 4.78 is 113. The van der Waals surface area contributed by atoms with Crippen molar-refractivity contribution in [3.63, 3.8) is 0 Å². The lowest BCUT2D eigenvalue weighted by molar-refractivity contribution is -0.660. The maximum Gasteiger partial charge on any atom is 0.212 e.